The number of aryl methyl sites for hydroxylation is 1. The van der Waals surface area contributed by atoms with E-state index in [2.05, 4.69) is 15.0 Å². The first-order valence-electron chi connectivity index (χ1n) is 5.44. The van der Waals surface area contributed by atoms with Crippen LogP contribution in [0.15, 0.2) is 24.4 Å². The Morgan fingerprint density at radius 1 is 1.44 bits per heavy atom. The summed E-state index contributed by atoms with van der Waals surface area (Å²) in [6, 6.07) is 3.90. The fourth-order valence-electron chi connectivity index (χ4n) is 1.53. The van der Waals surface area contributed by atoms with Crippen molar-refractivity contribution in [1.29, 1.82) is 0 Å². The van der Waals surface area contributed by atoms with Gasteiger partial charge in [-0.15, -0.1) is 5.10 Å². The summed E-state index contributed by atoms with van der Waals surface area (Å²) < 4.78 is 19.4. The molecule has 0 saturated heterocycles. The van der Waals surface area contributed by atoms with E-state index in [0.29, 0.717) is 5.69 Å². The quantitative estimate of drug-likeness (QED) is 0.778. The van der Waals surface area contributed by atoms with Gasteiger partial charge in [-0.3, -0.25) is 0 Å². The number of carbonyl (C=O) groups is 1. The van der Waals surface area contributed by atoms with Gasteiger partial charge in [0.1, 0.15) is 5.82 Å². The molecule has 1 aromatic heterocycles. The molecular weight excluding hydrogens is 237 g/mol. The number of hydrogen-bond donors (Lipinski definition) is 0. The number of methoxy groups -OCH3 is 1. The highest BCUT2D eigenvalue weighted by Gasteiger charge is 2.11. The first-order valence-corrected chi connectivity index (χ1v) is 5.44. The van der Waals surface area contributed by atoms with Gasteiger partial charge in [-0.05, 0) is 24.6 Å². The van der Waals surface area contributed by atoms with Crippen molar-refractivity contribution in [1.82, 2.24) is 15.0 Å². The van der Waals surface area contributed by atoms with Gasteiger partial charge in [-0.25, -0.2) is 13.9 Å². The predicted octanol–water partition coefficient (Wildman–Crippen LogP) is 1.76. The van der Waals surface area contributed by atoms with E-state index in [-0.39, 0.29) is 5.56 Å². The van der Waals surface area contributed by atoms with Crippen molar-refractivity contribution in [3.8, 4) is 5.69 Å². The Labute approximate surface area is 103 Å². The molecule has 0 aliphatic carbocycles. The van der Waals surface area contributed by atoms with E-state index in [0.717, 1.165) is 18.2 Å². The fraction of sp³-hybridized carbons (Fsp3) is 0.250. The molecule has 1 aromatic carbocycles. The Morgan fingerprint density at radius 3 is 2.83 bits per heavy atom. The highest BCUT2D eigenvalue weighted by molar-refractivity contribution is 5.89. The maximum Gasteiger partial charge on any atom is 0.338 e. The molecule has 6 heteroatoms. The third kappa shape index (κ3) is 2.37. The second-order valence-electron chi connectivity index (χ2n) is 3.70. The normalized spacial score (nSPS) is 10.4. The molecule has 0 bridgehead atoms. The zero-order valence-corrected chi connectivity index (χ0v) is 10.1. The van der Waals surface area contributed by atoms with Crippen molar-refractivity contribution < 1.29 is 13.9 Å². The Balaban J connectivity index is 2.44. The maximum atomic E-state index is 13.4. The number of rotatable bonds is 3. The molecule has 1 heterocycles. The van der Waals surface area contributed by atoms with Crippen LogP contribution in [-0.2, 0) is 11.2 Å². The molecule has 0 saturated carbocycles. The number of ether oxygens (including phenoxy) is 1. The van der Waals surface area contributed by atoms with Gasteiger partial charge in [0, 0.05) is 0 Å². The van der Waals surface area contributed by atoms with Gasteiger partial charge in [0.2, 0.25) is 0 Å². The SMILES string of the molecule is CCc1cn(-c2cc(F)cc(C(=O)OC)c2)nn1. The van der Waals surface area contributed by atoms with Crippen molar-refractivity contribution in [3.05, 3.63) is 41.5 Å². The van der Waals surface area contributed by atoms with Gasteiger partial charge in [0.15, 0.2) is 0 Å². The molecule has 0 N–H and O–H groups in total. The summed E-state index contributed by atoms with van der Waals surface area (Å²) in [5.41, 5.74) is 1.36. The summed E-state index contributed by atoms with van der Waals surface area (Å²) in [5, 5.41) is 7.78. The van der Waals surface area contributed by atoms with Crippen LogP contribution in [0.4, 0.5) is 4.39 Å². The van der Waals surface area contributed by atoms with E-state index < -0.39 is 11.8 Å². The van der Waals surface area contributed by atoms with Crippen molar-refractivity contribution in [2.75, 3.05) is 7.11 Å². The second kappa shape index (κ2) is 4.95. The van der Waals surface area contributed by atoms with Crippen LogP contribution in [0.1, 0.15) is 23.0 Å². The Kier molecular flexibility index (Phi) is 3.36. The van der Waals surface area contributed by atoms with Crippen molar-refractivity contribution >= 4 is 5.97 Å². The molecule has 0 atom stereocenters. The maximum absolute atomic E-state index is 13.4. The summed E-state index contributed by atoms with van der Waals surface area (Å²) in [7, 11) is 1.25. The fourth-order valence-corrected chi connectivity index (χ4v) is 1.53. The van der Waals surface area contributed by atoms with Crippen LogP contribution in [0, 0.1) is 5.82 Å². The number of esters is 1. The third-order valence-corrected chi connectivity index (χ3v) is 2.47. The standard InChI is InChI=1S/C12H12FN3O2/c1-3-10-7-16(15-14-10)11-5-8(12(17)18-2)4-9(13)6-11/h4-7H,3H2,1-2H3. The molecule has 0 aliphatic heterocycles. The average molecular weight is 249 g/mol. The van der Waals surface area contributed by atoms with Gasteiger partial charge in [-0.1, -0.05) is 12.1 Å². The number of benzene rings is 1. The number of aromatic nitrogens is 3. The lowest BCUT2D eigenvalue weighted by atomic mass is 10.2. The lowest BCUT2D eigenvalue weighted by molar-refractivity contribution is 0.0600. The molecule has 94 valence electrons. The Morgan fingerprint density at radius 2 is 2.22 bits per heavy atom. The van der Waals surface area contributed by atoms with Crippen molar-refractivity contribution in [3.63, 3.8) is 0 Å². The molecule has 0 unspecified atom stereocenters. The summed E-state index contributed by atoms with van der Waals surface area (Å²) in [6.45, 7) is 1.94. The van der Waals surface area contributed by atoms with Crippen LogP contribution in [0.3, 0.4) is 0 Å². The van der Waals surface area contributed by atoms with Crippen molar-refractivity contribution in [2.45, 2.75) is 13.3 Å². The molecule has 0 radical (unpaired) electrons. The molecule has 5 nitrogen and oxygen atoms in total. The highest BCUT2D eigenvalue weighted by atomic mass is 19.1. The topological polar surface area (TPSA) is 57.0 Å². The zero-order chi connectivity index (χ0) is 13.1. The minimum Gasteiger partial charge on any atom is -0.465 e. The lowest BCUT2D eigenvalue weighted by Gasteiger charge is -2.04. The smallest absolute Gasteiger partial charge is 0.338 e. The van der Waals surface area contributed by atoms with E-state index in [9.17, 15) is 9.18 Å². The van der Waals surface area contributed by atoms with Crippen LogP contribution in [-0.4, -0.2) is 28.1 Å². The van der Waals surface area contributed by atoms with E-state index >= 15 is 0 Å². The second-order valence-corrected chi connectivity index (χ2v) is 3.70. The van der Waals surface area contributed by atoms with Gasteiger partial charge in [0.05, 0.1) is 30.3 Å². The first-order chi connectivity index (χ1) is 8.63. The van der Waals surface area contributed by atoms with Crippen LogP contribution < -0.4 is 0 Å². The third-order valence-electron chi connectivity index (χ3n) is 2.47. The largest absolute Gasteiger partial charge is 0.465 e. The first kappa shape index (κ1) is 12.2. The van der Waals surface area contributed by atoms with E-state index in [1.54, 1.807) is 6.20 Å². The molecule has 18 heavy (non-hydrogen) atoms. The van der Waals surface area contributed by atoms with Gasteiger partial charge < -0.3 is 4.74 Å². The summed E-state index contributed by atoms with van der Waals surface area (Å²) in [4.78, 5) is 11.4. The number of hydrogen-bond acceptors (Lipinski definition) is 4. The minimum absolute atomic E-state index is 0.140. The van der Waals surface area contributed by atoms with E-state index in [4.69, 9.17) is 0 Å². The molecule has 0 fully saturated rings. The predicted molar refractivity (Wildman–Crippen MR) is 62.0 cm³/mol. The number of halogens is 1. The van der Waals surface area contributed by atoms with Gasteiger partial charge in [-0.2, -0.15) is 0 Å². The van der Waals surface area contributed by atoms with Gasteiger partial charge in [0.25, 0.3) is 0 Å². The average Bonchev–Trinajstić information content (AvgIpc) is 2.85. The van der Waals surface area contributed by atoms with Crippen LogP contribution >= 0.6 is 0 Å². The molecule has 0 amide bonds. The monoisotopic (exact) mass is 249 g/mol. The minimum atomic E-state index is -0.591. The zero-order valence-electron chi connectivity index (χ0n) is 10.1. The summed E-state index contributed by atoms with van der Waals surface area (Å²) in [6.07, 6.45) is 2.43. The van der Waals surface area contributed by atoms with Gasteiger partial charge >= 0.3 is 5.97 Å². The van der Waals surface area contributed by atoms with Crippen LogP contribution in [0.25, 0.3) is 5.69 Å². The lowest BCUT2D eigenvalue weighted by Crippen LogP contribution is -2.04. The molecule has 0 aliphatic rings. The molecule has 2 aromatic rings. The number of carbonyl (C=O) groups excluding carboxylic acids is 1. The molecule has 2 rings (SSSR count). The molecular formula is C12H12FN3O2. The van der Waals surface area contributed by atoms with Crippen LogP contribution in [0.5, 0.6) is 0 Å². The molecule has 0 spiro atoms. The highest BCUT2D eigenvalue weighted by Crippen LogP contribution is 2.14. The number of nitrogens with zero attached hydrogens (tertiary/aromatic N) is 3. The Hall–Kier alpha value is -2.24. The van der Waals surface area contributed by atoms with E-state index in [1.807, 2.05) is 6.92 Å². The van der Waals surface area contributed by atoms with E-state index in [1.165, 1.54) is 23.9 Å². The van der Waals surface area contributed by atoms with Crippen molar-refractivity contribution in [2.24, 2.45) is 0 Å². The Bertz CT molecular complexity index is 580. The summed E-state index contributed by atoms with van der Waals surface area (Å²) in [5.74, 6) is -1.12. The summed E-state index contributed by atoms with van der Waals surface area (Å²) >= 11 is 0. The van der Waals surface area contributed by atoms with Crippen LogP contribution in [0.2, 0.25) is 0 Å².